The predicted molar refractivity (Wildman–Crippen MR) is 117 cm³/mol. The molecule has 176 valence electrons. The number of anilines is 3. The molecule has 2 N–H and O–H groups in total. The number of carbonyl (C=O) groups is 1. The van der Waals surface area contributed by atoms with Crippen LogP contribution in [0.15, 0.2) is 35.0 Å². The third kappa shape index (κ3) is 4.67. The lowest BCUT2D eigenvalue weighted by molar-refractivity contribution is -0.153. The van der Waals surface area contributed by atoms with E-state index in [-0.39, 0.29) is 30.2 Å². The molecule has 0 bridgehead atoms. The van der Waals surface area contributed by atoms with Crippen LogP contribution < -0.4 is 15.5 Å². The van der Waals surface area contributed by atoms with Gasteiger partial charge in [0.25, 0.3) is 0 Å². The van der Waals surface area contributed by atoms with Crippen molar-refractivity contribution in [2.75, 3.05) is 22.6 Å². The fraction of sp³-hybridized carbons (Fsp3) is 0.409. The molecule has 1 aliphatic rings. The maximum atomic E-state index is 12.7. The molecule has 3 aromatic heterocycles. The zero-order chi connectivity index (χ0) is 23.9. The Kier molecular flexibility index (Phi) is 5.81. The van der Waals surface area contributed by atoms with Crippen molar-refractivity contribution in [1.82, 2.24) is 14.8 Å². The molecule has 0 saturated carbocycles. The maximum absolute atomic E-state index is 12.7. The van der Waals surface area contributed by atoms with E-state index in [1.165, 1.54) is 10.7 Å². The molecule has 0 radical (unpaired) electrons. The van der Waals surface area contributed by atoms with Crippen molar-refractivity contribution in [3.05, 3.63) is 53.4 Å². The summed E-state index contributed by atoms with van der Waals surface area (Å²) in [6.07, 6.45) is -1.15. The van der Waals surface area contributed by atoms with Crippen molar-refractivity contribution in [1.29, 1.82) is 0 Å². The molecule has 11 heteroatoms. The molecule has 0 fully saturated rings. The molecule has 4 rings (SSSR count). The summed E-state index contributed by atoms with van der Waals surface area (Å²) >= 11 is 0. The van der Waals surface area contributed by atoms with Gasteiger partial charge in [0.2, 0.25) is 11.7 Å². The van der Waals surface area contributed by atoms with Crippen LogP contribution in [0.5, 0.6) is 0 Å². The normalized spacial score (nSPS) is 16.2. The standard InChI is InChI=1S/C22H25F3N6O2/c1-12(2)20-21(32)29-19-13(3)28-18(7-16(19)30(20)4)26-8-14-9-27-31(10-14)11-15-5-6-17(33-15)22(23,24)25/h5-7,9-10,12,20H,8,11H2,1-4H3,(H,26,28)(H,29,32)/t20-/m0/s1. The second-order valence-corrected chi connectivity index (χ2v) is 8.44. The van der Waals surface area contributed by atoms with E-state index in [2.05, 4.69) is 20.7 Å². The van der Waals surface area contributed by atoms with Crippen LogP contribution in [0.1, 0.15) is 36.6 Å². The van der Waals surface area contributed by atoms with Crippen LogP contribution >= 0.6 is 0 Å². The topological polar surface area (TPSA) is 88.2 Å². The van der Waals surface area contributed by atoms with Gasteiger partial charge in [-0.1, -0.05) is 13.8 Å². The monoisotopic (exact) mass is 462 g/mol. The summed E-state index contributed by atoms with van der Waals surface area (Å²) < 4.78 is 44.4. The minimum absolute atomic E-state index is 0.0445. The van der Waals surface area contributed by atoms with Gasteiger partial charge in [0.05, 0.1) is 29.8 Å². The maximum Gasteiger partial charge on any atom is 0.449 e. The summed E-state index contributed by atoms with van der Waals surface area (Å²) in [4.78, 5) is 19.0. The number of fused-ring (bicyclic) bond motifs is 1. The molecule has 0 aromatic carbocycles. The van der Waals surface area contributed by atoms with Gasteiger partial charge in [-0.15, -0.1) is 0 Å². The minimum atomic E-state index is -4.51. The second kappa shape index (κ2) is 8.45. The summed E-state index contributed by atoms with van der Waals surface area (Å²) in [6, 6.07) is 3.82. The summed E-state index contributed by atoms with van der Waals surface area (Å²) in [7, 11) is 1.90. The predicted octanol–water partition coefficient (Wildman–Crippen LogP) is 4.27. The highest BCUT2D eigenvalue weighted by atomic mass is 19.4. The van der Waals surface area contributed by atoms with Gasteiger partial charge in [-0.25, -0.2) is 4.98 Å². The Balaban J connectivity index is 1.44. The number of aryl methyl sites for hydroxylation is 1. The molecule has 1 amide bonds. The van der Waals surface area contributed by atoms with E-state index in [0.717, 1.165) is 17.3 Å². The van der Waals surface area contributed by atoms with E-state index in [9.17, 15) is 18.0 Å². The zero-order valence-corrected chi connectivity index (χ0v) is 18.7. The molecule has 0 spiro atoms. The number of alkyl halides is 3. The Bertz CT molecular complexity index is 1170. The highest BCUT2D eigenvalue weighted by Crippen LogP contribution is 2.36. The number of halogens is 3. The lowest BCUT2D eigenvalue weighted by atomic mass is 9.98. The first-order valence-corrected chi connectivity index (χ1v) is 10.5. The van der Waals surface area contributed by atoms with Gasteiger partial charge in [-0.3, -0.25) is 9.48 Å². The Labute approximate surface area is 188 Å². The van der Waals surface area contributed by atoms with Gasteiger partial charge in [-0.05, 0) is 25.0 Å². The van der Waals surface area contributed by atoms with E-state index in [0.29, 0.717) is 23.7 Å². The fourth-order valence-corrected chi connectivity index (χ4v) is 4.00. The summed E-state index contributed by atoms with van der Waals surface area (Å²) in [5.41, 5.74) is 3.12. The third-order valence-electron chi connectivity index (χ3n) is 5.54. The van der Waals surface area contributed by atoms with Crippen LogP contribution in [0.25, 0.3) is 0 Å². The molecule has 0 saturated heterocycles. The van der Waals surface area contributed by atoms with Crippen molar-refractivity contribution < 1.29 is 22.4 Å². The number of rotatable bonds is 6. The molecule has 0 aliphatic carbocycles. The van der Waals surface area contributed by atoms with E-state index >= 15 is 0 Å². The molecule has 0 unspecified atom stereocenters. The van der Waals surface area contributed by atoms with Gasteiger partial charge in [-0.2, -0.15) is 18.3 Å². The number of aromatic nitrogens is 3. The number of pyridine rings is 1. The van der Waals surface area contributed by atoms with Crippen LogP contribution in [-0.2, 0) is 24.1 Å². The summed E-state index contributed by atoms with van der Waals surface area (Å²) in [5, 5.41) is 10.4. The van der Waals surface area contributed by atoms with Crippen molar-refractivity contribution in [3.63, 3.8) is 0 Å². The number of furan rings is 1. The summed E-state index contributed by atoms with van der Waals surface area (Å²) in [5.74, 6) is -0.120. The number of nitrogens with zero attached hydrogens (tertiary/aromatic N) is 4. The lowest BCUT2D eigenvalue weighted by Gasteiger charge is -2.38. The molecular weight excluding hydrogens is 437 g/mol. The first-order valence-electron chi connectivity index (χ1n) is 10.5. The number of hydrogen-bond donors (Lipinski definition) is 2. The number of hydrogen-bond acceptors (Lipinski definition) is 6. The van der Waals surface area contributed by atoms with Crippen LogP contribution in [0, 0.1) is 12.8 Å². The minimum Gasteiger partial charge on any atom is -0.455 e. The number of amides is 1. The lowest BCUT2D eigenvalue weighted by Crippen LogP contribution is -2.49. The van der Waals surface area contributed by atoms with Gasteiger partial charge in [0.15, 0.2) is 0 Å². The molecular formula is C22H25F3N6O2. The summed E-state index contributed by atoms with van der Waals surface area (Å²) in [6.45, 7) is 6.35. The second-order valence-electron chi connectivity index (χ2n) is 8.44. The van der Waals surface area contributed by atoms with E-state index in [4.69, 9.17) is 4.42 Å². The molecule has 8 nitrogen and oxygen atoms in total. The average Bonchev–Trinajstić information content (AvgIpc) is 3.37. The van der Waals surface area contributed by atoms with Crippen LogP contribution in [-0.4, -0.2) is 33.8 Å². The number of likely N-dealkylation sites (N-methyl/N-ethyl adjacent to an activating group) is 1. The van der Waals surface area contributed by atoms with Gasteiger partial charge in [0, 0.05) is 31.4 Å². The Morgan fingerprint density at radius 1 is 1.30 bits per heavy atom. The SMILES string of the molecule is Cc1nc(NCc2cnn(Cc3ccc(C(F)(F)F)o3)c2)cc2c1NC(=O)[C@H](C(C)C)N2C. The third-order valence-corrected chi connectivity index (χ3v) is 5.54. The van der Waals surface area contributed by atoms with Crippen LogP contribution in [0.4, 0.5) is 30.4 Å². The fourth-order valence-electron chi connectivity index (χ4n) is 4.00. The van der Waals surface area contributed by atoms with Gasteiger partial charge < -0.3 is 20.0 Å². The van der Waals surface area contributed by atoms with Gasteiger partial charge in [0.1, 0.15) is 17.6 Å². The average molecular weight is 462 g/mol. The van der Waals surface area contributed by atoms with Crippen molar-refractivity contribution in [2.45, 2.75) is 46.1 Å². The Hall–Kier alpha value is -3.50. The van der Waals surface area contributed by atoms with Crippen LogP contribution in [0.2, 0.25) is 0 Å². The number of nitrogens with one attached hydrogen (secondary N) is 2. The van der Waals surface area contributed by atoms with E-state index in [1.54, 1.807) is 12.4 Å². The quantitative estimate of drug-likeness (QED) is 0.569. The smallest absolute Gasteiger partial charge is 0.449 e. The van der Waals surface area contributed by atoms with Crippen molar-refractivity contribution >= 4 is 23.1 Å². The Morgan fingerprint density at radius 3 is 2.73 bits per heavy atom. The highest BCUT2D eigenvalue weighted by molar-refractivity contribution is 6.04. The first-order chi connectivity index (χ1) is 15.5. The van der Waals surface area contributed by atoms with E-state index < -0.39 is 11.9 Å². The van der Waals surface area contributed by atoms with Crippen LogP contribution in [0.3, 0.4) is 0 Å². The highest BCUT2D eigenvalue weighted by Gasteiger charge is 2.35. The largest absolute Gasteiger partial charge is 0.455 e. The molecule has 1 aliphatic heterocycles. The molecule has 1 atom stereocenters. The first kappa shape index (κ1) is 22.7. The number of carbonyl (C=O) groups excluding carboxylic acids is 1. The zero-order valence-electron chi connectivity index (χ0n) is 18.7. The Morgan fingerprint density at radius 2 is 2.06 bits per heavy atom. The van der Waals surface area contributed by atoms with Gasteiger partial charge >= 0.3 is 6.18 Å². The molecule has 3 aromatic rings. The molecule has 4 heterocycles. The van der Waals surface area contributed by atoms with Crippen molar-refractivity contribution in [2.24, 2.45) is 5.92 Å². The molecule has 33 heavy (non-hydrogen) atoms. The van der Waals surface area contributed by atoms with Crippen molar-refractivity contribution in [3.8, 4) is 0 Å². The van der Waals surface area contributed by atoms with E-state index in [1.807, 2.05) is 38.8 Å².